The Balaban J connectivity index is 2.25. The van der Waals surface area contributed by atoms with Gasteiger partial charge in [0.25, 0.3) is 10.0 Å². The lowest BCUT2D eigenvalue weighted by atomic mass is 10.1. The molecule has 0 radical (unpaired) electrons. The van der Waals surface area contributed by atoms with Gasteiger partial charge in [0.05, 0.1) is 16.3 Å². The summed E-state index contributed by atoms with van der Waals surface area (Å²) in [6, 6.07) is 10.2. The van der Waals surface area contributed by atoms with Crippen LogP contribution in [0, 0.1) is 5.82 Å². The zero-order chi connectivity index (χ0) is 15.5. The number of nitrogens with two attached hydrogens (primary N) is 1. The molecular formula is C15H17FN2O2S. The first kappa shape index (κ1) is 15.3. The second kappa shape index (κ2) is 6.13. The molecule has 0 unspecified atom stereocenters. The van der Waals surface area contributed by atoms with Crippen molar-refractivity contribution in [3.63, 3.8) is 0 Å². The summed E-state index contributed by atoms with van der Waals surface area (Å²) in [5.74, 6) is -0.514. The van der Waals surface area contributed by atoms with Gasteiger partial charge in [-0.1, -0.05) is 25.5 Å². The van der Waals surface area contributed by atoms with E-state index in [-0.39, 0.29) is 16.3 Å². The molecule has 6 heteroatoms. The molecule has 112 valence electrons. The number of nitrogens with one attached hydrogen (secondary N) is 1. The third-order valence-corrected chi connectivity index (χ3v) is 4.41. The molecule has 0 atom stereocenters. The van der Waals surface area contributed by atoms with Crippen LogP contribution in [0.2, 0.25) is 0 Å². The Labute approximate surface area is 123 Å². The van der Waals surface area contributed by atoms with Crippen molar-refractivity contribution in [3.8, 4) is 0 Å². The molecule has 0 aliphatic heterocycles. The van der Waals surface area contributed by atoms with Gasteiger partial charge >= 0.3 is 0 Å². The lowest BCUT2D eigenvalue weighted by Gasteiger charge is -2.10. The minimum atomic E-state index is -3.73. The van der Waals surface area contributed by atoms with E-state index in [2.05, 4.69) is 11.6 Å². The fraction of sp³-hybridized carbons (Fsp3) is 0.200. The van der Waals surface area contributed by atoms with Crippen molar-refractivity contribution in [1.82, 2.24) is 0 Å². The van der Waals surface area contributed by atoms with Crippen LogP contribution < -0.4 is 10.5 Å². The van der Waals surface area contributed by atoms with E-state index in [1.807, 2.05) is 0 Å². The minimum absolute atomic E-state index is 0.0428. The molecule has 3 N–H and O–H groups in total. The van der Waals surface area contributed by atoms with E-state index in [9.17, 15) is 12.8 Å². The van der Waals surface area contributed by atoms with Gasteiger partial charge in [-0.15, -0.1) is 0 Å². The fourth-order valence-corrected chi connectivity index (χ4v) is 3.04. The first-order chi connectivity index (χ1) is 9.92. The molecular weight excluding hydrogens is 291 g/mol. The average molecular weight is 308 g/mol. The number of benzene rings is 2. The van der Waals surface area contributed by atoms with Gasteiger partial charge in [0.2, 0.25) is 0 Å². The van der Waals surface area contributed by atoms with Gasteiger partial charge in [0, 0.05) is 0 Å². The van der Waals surface area contributed by atoms with Crippen LogP contribution in [0.15, 0.2) is 47.4 Å². The molecule has 0 saturated heterocycles. The highest BCUT2D eigenvalue weighted by atomic mass is 32.2. The number of nitrogen functional groups attached to an aromatic ring is 1. The number of aryl methyl sites for hydroxylation is 1. The number of rotatable bonds is 5. The standard InChI is InChI=1S/C15H17FN2O2S/c1-2-3-11-4-7-13(8-5-11)21(19,20)18-15-9-6-12(16)10-14(15)17/h4-10,18H,2-3,17H2,1H3. The Morgan fingerprint density at radius 2 is 1.81 bits per heavy atom. The summed E-state index contributed by atoms with van der Waals surface area (Å²) in [5, 5.41) is 0. The molecule has 0 saturated carbocycles. The molecule has 0 amide bonds. The molecule has 2 rings (SSSR count). The van der Waals surface area contributed by atoms with Crippen molar-refractivity contribution in [2.75, 3.05) is 10.5 Å². The summed E-state index contributed by atoms with van der Waals surface area (Å²) in [5.41, 5.74) is 6.89. The van der Waals surface area contributed by atoms with E-state index in [4.69, 9.17) is 5.73 Å². The van der Waals surface area contributed by atoms with E-state index >= 15 is 0 Å². The molecule has 0 aliphatic carbocycles. The Kier molecular flexibility index (Phi) is 4.47. The van der Waals surface area contributed by atoms with Gasteiger partial charge in [-0.05, 0) is 42.3 Å². The summed E-state index contributed by atoms with van der Waals surface area (Å²) in [4.78, 5) is 0.145. The summed E-state index contributed by atoms with van der Waals surface area (Å²) >= 11 is 0. The van der Waals surface area contributed by atoms with Crippen molar-refractivity contribution < 1.29 is 12.8 Å². The zero-order valence-electron chi connectivity index (χ0n) is 11.6. The normalized spacial score (nSPS) is 11.3. The highest BCUT2D eigenvalue weighted by Crippen LogP contribution is 2.23. The molecule has 0 bridgehead atoms. The predicted molar refractivity (Wildman–Crippen MR) is 82.1 cm³/mol. The second-order valence-electron chi connectivity index (χ2n) is 4.73. The molecule has 2 aromatic rings. The second-order valence-corrected chi connectivity index (χ2v) is 6.41. The molecule has 0 fully saturated rings. The summed E-state index contributed by atoms with van der Waals surface area (Å²) in [7, 11) is -3.73. The van der Waals surface area contributed by atoms with Gasteiger partial charge < -0.3 is 5.73 Å². The first-order valence-corrected chi connectivity index (χ1v) is 8.07. The summed E-state index contributed by atoms with van der Waals surface area (Å²) in [6.07, 6.45) is 1.90. The molecule has 21 heavy (non-hydrogen) atoms. The van der Waals surface area contributed by atoms with E-state index in [0.29, 0.717) is 0 Å². The van der Waals surface area contributed by atoms with Crippen LogP contribution in [-0.2, 0) is 16.4 Å². The molecule has 2 aromatic carbocycles. The summed E-state index contributed by atoms with van der Waals surface area (Å²) < 4.78 is 39.8. The highest BCUT2D eigenvalue weighted by Gasteiger charge is 2.15. The van der Waals surface area contributed by atoms with Crippen LogP contribution >= 0.6 is 0 Å². The zero-order valence-corrected chi connectivity index (χ0v) is 12.5. The largest absolute Gasteiger partial charge is 0.397 e. The highest BCUT2D eigenvalue weighted by molar-refractivity contribution is 7.92. The lowest BCUT2D eigenvalue weighted by Crippen LogP contribution is -2.14. The van der Waals surface area contributed by atoms with Gasteiger partial charge in [0.1, 0.15) is 5.82 Å². The topological polar surface area (TPSA) is 72.2 Å². The van der Waals surface area contributed by atoms with Gasteiger partial charge in [-0.2, -0.15) is 0 Å². The Morgan fingerprint density at radius 1 is 1.14 bits per heavy atom. The van der Waals surface area contributed by atoms with Crippen LogP contribution in [0.4, 0.5) is 15.8 Å². The molecule has 4 nitrogen and oxygen atoms in total. The number of anilines is 2. The van der Waals surface area contributed by atoms with Crippen LogP contribution in [0.5, 0.6) is 0 Å². The van der Waals surface area contributed by atoms with Crippen LogP contribution in [0.3, 0.4) is 0 Å². The van der Waals surface area contributed by atoms with Gasteiger partial charge in [-0.3, -0.25) is 4.72 Å². The van der Waals surface area contributed by atoms with E-state index in [1.54, 1.807) is 24.3 Å². The predicted octanol–water partition coefficient (Wildman–Crippen LogP) is 3.16. The SMILES string of the molecule is CCCc1ccc(S(=O)(=O)Nc2ccc(F)cc2N)cc1. The van der Waals surface area contributed by atoms with Crippen molar-refractivity contribution in [2.24, 2.45) is 0 Å². The van der Waals surface area contributed by atoms with Gasteiger partial charge in [-0.25, -0.2) is 12.8 Å². The lowest BCUT2D eigenvalue weighted by molar-refractivity contribution is 0.601. The fourth-order valence-electron chi connectivity index (χ4n) is 1.95. The van der Waals surface area contributed by atoms with E-state index < -0.39 is 15.8 Å². The number of sulfonamides is 1. The third kappa shape index (κ3) is 3.72. The quantitative estimate of drug-likeness (QED) is 0.833. The molecule has 0 aromatic heterocycles. The van der Waals surface area contributed by atoms with Crippen LogP contribution in [0.25, 0.3) is 0 Å². The monoisotopic (exact) mass is 308 g/mol. The Morgan fingerprint density at radius 3 is 2.38 bits per heavy atom. The Bertz CT molecular complexity index is 728. The van der Waals surface area contributed by atoms with E-state index in [1.165, 1.54) is 6.07 Å². The van der Waals surface area contributed by atoms with Crippen molar-refractivity contribution in [1.29, 1.82) is 0 Å². The maximum Gasteiger partial charge on any atom is 0.261 e. The molecule has 0 spiro atoms. The number of hydrogen-bond donors (Lipinski definition) is 2. The van der Waals surface area contributed by atoms with Crippen LogP contribution in [-0.4, -0.2) is 8.42 Å². The maximum atomic E-state index is 13.0. The Hall–Kier alpha value is -2.08. The van der Waals surface area contributed by atoms with Crippen molar-refractivity contribution >= 4 is 21.4 Å². The maximum absolute atomic E-state index is 13.0. The minimum Gasteiger partial charge on any atom is -0.397 e. The third-order valence-electron chi connectivity index (χ3n) is 3.03. The first-order valence-electron chi connectivity index (χ1n) is 6.59. The van der Waals surface area contributed by atoms with Crippen molar-refractivity contribution in [3.05, 3.63) is 53.8 Å². The smallest absolute Gasteiger partial charge is 0.261 e. The molecule has 0 heterocycles. The van der Waals surface area contributed by atoms with Crippen molar-refractivity contribution in [2.45, 2.75) is 24.7 Å². The van der Waals surface area contributed by atoms with Gasteiger partial charge in [0.15, 0.2) is 0 Å². The average Bonchev–Trinajstić information content (AvgIpc) is 2.43. The number of hydrogen-bond acceptors (Lipinski definition) is 3. The van der Waals surface area contributed by atoms with Crippen LogP contribution in [0.1, 0.15) is 18.9 Å². The van der Waals surface area contributed by atoms with E-state index in [0.717, 1.165) is 30.5 Å². The number of halogens is 1. The molecule has 0 aliphatic rings. The summed E-state index contributed by atoms with van der Waals surface area (Å²) in [6.45, 7) is 2.06.